The smallest absolute Gasteiger partial charge is 0.255 e. The molecule has 1 aromatic carbocycles. The monoisotopic (exact) mass is 250 g/mol. The summed E-state index contributed by atoms with van der Waals surface area (Å²) < 4.78 is 0. The first-order valence-electron chi connectivity index (χ1n) is 5.87. The fourth-order valence-corrected chi connectivity index (χ4v) is 3.37. The van der Waals surface area contributed by atoms with Gasteiger partial charge in [-0.15, -0.1) is 0 Å². The molecular formula is C13H15ClN2O. The zero-order chi connectivity index (χ0) is 12.2. The Labute approximate surface area is 106 Å². The maximum atomic E-state index is 12.3. The summed E-state index contributed by atoms with van der Waals surface area (Å²) in [6.07, 6.45) is 0. The van der Waals surface area contributed by atoms with Gasteiger partial charge in [-0.2, -0.15) is 0 Å². The van der Waals surface area contributed by atoms with E-state index >= 15 is 0 Å². The van der Waals surface area contributed by atoms with Crippen LogP contribution in [-0.4, -0.2) is 37.0 Å². The lowest BCUT2D eigenvalue weighted by Gasteiger charge is -2.36. The molecule has 1 saturated heterocycles. The van der Waals surface area contributed by atoms with E-state index in [4.69, 9.17) is 11.6 Å². The summed E-state index contributed by atoms with van der Waals surface area (Å²) in [5.41, 5.74) is 2.94. The zero-order valence-corrected chi connectivity index (χ0v) is 10.7. The number of fused-ring (bicyclic) bond motifs is 3. The molecule has 0 aromatic heterocycles. The average molecular weight is 251 g/mol. The molecular weight excluding hydrogens is 236 g/mol. The van der Waals surface area contributed by atoms with E-state index < -0.39 is 0 Å². The number of benzene rings is 1. The highest BCUT2D eigenvalue weighted by Gasteiger charge is 2.41. The Balaban J connectivity index is 2.23. The molecule has 2 heterocycles. The van der Waals surface area contributed by atoms with Crippen LogP contribution in [0.3, 0.4) is 0 Å². The third-order valence-electron chi connectivity index (χ3n) is 3.88. The van der Waals surface area contributed by atoms with Gasteiger partial charge in [0, 0.05) is 26.1 Å². The van der Waals surface area contributed by atoms with Crippen LogP contribution in [0.2, 0.25) is 5.02 Å². The van der Waals surface area contributed by atoms with Crippen molar-refractivity contribution in [1.82, 2.24) is 10.2 Å². The van der Waals surface area contributed by atoms with Crippen molar-refractivity contribution in [2.24, 2.45) is 0 Å². The first-order valence-corrected chi connectivity index (χ1v) is 6.25. The SMILES string of the molecule is Cc1cc(Cl)c2c(c1)[C@H]1CNC[C@@H]1N(C)C2=O. The number of amides is 1. The fourth-order valence-electron chi connectivity index (χ4n) is 3.00. The van der Waals surface area contributed by atoms with E-state index in [1.165, 1.54) is 0 Å². The molecule has 3 rings (SSSR count). The number of nitrogens with one attached hydrogen (secondary N) is 1. The molecule has 4 heteroatoms. The third kappa shape index (κ3) is 1.49. The minimum Gasteiger partial charge on any atom is -0.337 e. The van der Waals surface area contributed by atoms with Crippen molar-refractivity contribution in [2.75, 3.05) is 20.1 Å². The van der Waals surface area contributed by atoms with Gasteiger partial charge in [-0.25, -0.2) is 0 Å². The van der Waals surface area contributed by atoms with Crippen LogP contribution in [0.5, 0.6) is 0 Å². The lowest BCUT2D eigenvalue weighted by atomic mass is 9.84. The molecule has 0 saturated carbocycles. The van der Waals surface area contributed by atoms with E-state index in [1.807, 2.05) is 24.9 Å². The number of carbonyl (C=O) groups excluding carboxylic acids is 1. The highest BCUT2D eigenvalue weighted by Crippen LogP contribution is 2.38. The Morgan fingerprint density at radius 1 is 1.41 bits per heavy atom. The first-order chi connectivity index (χ1) is 8.09. The number of hydrogen-bond donors (Lipinski definition) is 1. The molecule has 0 bridgehead atoms. The summed E-state index contributed by atoms with van der Waals surface area (Å²) >= 11 is 6.23. The van der Waals surface area contributed by atoms with Crippen LogP contribution >= 0.6 is 11.6 Å². The molecule has 1 N–H and O–H groups in total. The predicted octanol–water partition coefficient (Wildman–Crippen LogP) is 1.79. The molecule has 17 heavy (non-hydrogen) atoms. The van der Waals surface area contributed by atoms with Gasteiger partial charge in [0.25, 0.3) is 5.91 Å². The second-order valence-corrected chi connectivity index (χ2v) is 5.37. The van der Waals surface area contributed by atoms with Crippen molar-refractivity contribution in [1.29, 1.82) is 0 Å². The third-order valence-corrected chi connectivity index (χ3v) is 4.18. The van der Waals surface area contributed by atoms with Gasteiger partial charge in [-0.3, -0.25) is 4.79 Å². The van der Waals surface area contributed by atoms with Crippen LogP contribution in [0, 0.1) is 6.92 Å². The van der Waals surface area contributed by atoms with Crippen LogP contribution in [-0.2, 0) is 0 Å². The number of aryl methyl sites for hydroxylation is 1. The van der Waals surface area contributed by atoms with Gasteiger partial charge >= 0.3 is 0 Å². The molecule has 0 unspecified atom stereocenters. The molecule has 1 aromatic rings. The molecule has 2 aliphatic rings. The maximum absolute atomic E-state index is 12.3. The summed E-state index contributed by atoms with van der Waals surface area (Å²) in [5.74, 6) is 0.431. The van der Waals surface area contributed by atoms with Gasteiger partial charge in [-0.05, 0) is 24.1 Å². The molecule has 0 spiro atoms. The highest BCUT2D eigenvalue weighted by atomic mass is 35.5. The minimum atomic E-state index is 0.0509. The summed E-state index contributed by atoms with van der Waals surface area (Å²) in [6, 6.07) is 4.25. The van der Waals surface area contributed by atoms with Gasteiger partial charge in [0.1, 0.15) is 0 Å². The summed E-state index contributed by atoms with van der Waals surface area (Å²) in [6.45, 7) is 3.82. The molecule has 3 nitrogen and oxygen atoms in total. The number of likely N-dealkylation sites (N-methyl/N-ethyl adjacent to an activating group) is 1. The van der Waals surface area contributed by atoms with Crippen molar-refractivity contribution in [3.8, 4) is 0 Å². The fraction of sp³-hybridized carbons (Fsp3) is 0.462. The molecule has 0 aliphatic carbocycles. The largest absolute Gasteiger partial charge is 0.337 e. The second-order valence-electron chi connectivity index (χ2n) is 4.96. The van der Waals surface area contributed by atoms with Crippen LogP contribution < -0.4 is 5.32 Å². The van der Waals surface area contributed by atoms with Crippen LogP contribution in [0.15, 0.2) is 12.1 Å². The van der Waals surface area contributed by atoms with Crippen LogP contribution in [0.4, 0.5) is 0 Å². The first kappa shape index (κ1) is 11.1. The summed E-state index contributed by atoms with van der Waals surface area (Å²) in [7, 11) is 1.87. The molecule has 1 amide bonds. The molecule has 1 fully saturated rings. The van der Waals surface area contributed by atoms with Gasteiger partial charge < -0.3 is 10.2 Å². The number of carbonyl (C=O) groups is 1. The highest BCUT2D eigenvalue weighted by molar-refractivity contribution is 6.34. The standard InChI is InChI=1S/C13H15ClN2O/c1-7-3-8-9-5-15-6-11(9)16(2)13(17)12(8)10(14)4-7/h3-4,9,11,15H,5-6H2,1-2H3/t9-,11+/m1/s1. The van der Waals surface area contributed by atoms with Crippen molar-refractivity contribution in [3.05, 3.63) is 33.8 Å². The Bertz CT molecular complexity index is 500. The lowest BCUT2D eigenvalue weighted by molar-refractivity contribution is 0.0706. The second kappa shape index (κ2) is 3.72. The Hall–Kier alpha value is -1.06. The lowest BCUT2D eigenvalue weighted by Crippen LogP contribution is -2.45. The molecule has 90 valence electrons. The van der Waals surface area contributed by atoms with E-state index in [9.17, 15) is 4.79 Å². The van der Waals surface area contributed by atoms with Crippen molar-refractivity contribution in [3.63, 3.8) is 0 Å². The summed E-state index contributed by atoms with van der Waals surface area (Å²) in [4.78, 5) is 14.1. The normalized spacial score (nSPS) is 27.0. The minimum absolute atomic E-state index is 0.0509. The van der Waals surface area contributed by atoms with Gasteiger partial charge in [0.2, 0.25) is 0 Å². The number of hydrogen-bond acceptors (Lipinski definition) is 2. The molecule has 0 radical (unpaired) electrons. The van der Waals surface area contributed by atoms with E-state index in [1.54, 1.807) is 0 Å². The average Bonchev–Trinajstić information content (AvgIpc) is 2.74. The Morgan fingerprint density at radius 3 is 2.94 bits per heavy atom. The molecule has 2 atom stereocenters. The number of nitrogens with zero attached hydrogens (tertiary/aromatic N) is 1. The number of halogens is 1. The Kier molecular flexibility index (Phi) is 2.42. The van der Waals surface area contributed by atoms with Crippen molar-refractivity contribution in [2.45, 2.75) is 18.9 Å². The predicted molar refractivity (Wildman–Crippen MR) is 67.7 cm³/mol. The zero-order valence-electron chi connectivity index (χ0n) is 9.96. The van der Waals surface area contributed by atoms with E-state index in [-0.39, 0.29) is 11.9 Å². The summed E-state index contributed by atoms with van der Waals surface area (Å²) in [5, 5.41) is 3.94. The Morgan fingerprint density at radius 2 is 2.18 bits per heavy atom. The van der Waals surface area contributed by atoms with Crippen molar-refractivity contribution >= 4 is 17.5 Å². The van der Waals surface area contributed by atoms with E-state index in [2.05, 4.69) is 11.4 Å². The van der Waals surface area contributed by atoms with Crippen molar-refractivity contribution < 1.29 is 4.79 Å². The van der Waals surface area contributed by atoms with E-state index in [0.29, 0.717) is 16.5 Å². The quantitative estimate of drug-likeness (QED) is 0.762. The maximum Gasteiger partial charge on any atom is 0.255 e. The van der Waals surface area contributed by atoms with E-state index in [0.717, 1.165) is 24.2 Å². The topological polar surface area (TPSA) is 32.3 Å². The van der Waals surface area contributed by atoms with Crippen LogP contribution in [0.1, 0.15) is 27.4 Å². The molecule has 2 aliphatic heterocycles. The number of rotatable bonds is 0. The van der Waals surface area contributed by atoms with Gasteiger partial charge in [0.15, 0.2) is 0 Å². The van der Waals surface area contributed by atoms with Crippen LogP contribution in [0.25, 0.3) is 0 Å². The van der Waals surface area contributed by atoms with Gasteiger partial charge in [-0.1, -0.05) is 17.7 Å². The van der Waals surface area contributed by atoms with Gasteiger partial charge in [0.05, 0.1) is 16.6 Å².